The Morgan fingerprint density at radius 2 is 1.62 bits per heavy atom. The summed E-state index contributed by atoms with van der Waals surface area (Å²) in [6, 6.07) is 7.87. The standard InChI is InChI=1S/C17H26N2O.ClH/c18-16-10-8-14(9-11-16)12-13-19-17(20)15-6-4-2-1-3-5-7-15;/h8-11,15H,1-7,12-13,18H2,(H,19,20);1H. The summed E-state index contributed by atoms with van der Waals surface area (Å²) >= 11 is 0. The van der Waals surface area contributed by atoms with Gasteiger partial charge in [-0.1, -0.05) is 44.2 Å². The Bertz CT molecular complexity index is 411. The molecule has 0 atom stereocenters. The minimum atomic E-state index is 0. The maximum Gasteiger partial charge on any atom is 0.223 e. The number of rotatable bonds is 4. The Morgan fingerprint density at radius 1 is 1.05 bits per heavy atom. The topological polar surface area (TPSA) is 55.1 Å². The number of hydrogen-bond acceptors (Lipinski definition) is 2. The van der Waals surface area contributed by atoms with Crippen LogP contribution in [0.1, 0.15) is 50.5 Å². The first-order chi connectivity index (χ1) is 9.75. The molecule has 1 aromatic carbocycles. The molecule has 1 amide bonds. The van der Waals surface area contributed by atoms with Gasteiger partial charge < -0.3 is 11.1 Å². The molecule has 0 spiro atoms. The van der Waals surface area contributed by atoms with Crippen molar-refractivity contribution in [2.45, 2.75) is 51.4 Å². The normalized spacial score (nSPS) is 16.4. The third-order valence-corrected chi connectivity index (χ3v) is 4.17. The lowest BCUT2D eigenvalue weighted by molar-refractivity contribution is -0.125. The summed E-state index contributed by atoms with van der Waals surface area (Å²) in [5, 5.41) is 3.09. The summed E-state index contributed by atoms with van der Waals surface area (Å²) < 4.78 is 0. The van der Waals surface area contributed by atoms with E-state index in [1.165, 1.54) is 37.7 Å². The fourth-order valence-electron chi connectivity index (χ4n) is 2.88. The number of carbonyl (C=O) groups is 1. The molecule has 118 valence electrons. The van der Waals surface area contributed by atoms with Gasteiger partial charge in [0.05, 0.1) is 0 Å². The average molecular weight is 311 g/mol. The maximum atomic E-state index is 12.2. The molecule has 1 aliphatic carbocycles. The van der Waals surface area contributed by atoms with Gasteiger partial charge in [-0.3, -0.25) is 4.79 Å². The van der Waals surface area contributed by atoms with E-state index >= 15 is 0 Å². The molecule has 3 N–H and O–H groups in total. The van der Waals surface area contributed by atoms with Crippen LogP contribution >= 0.6 is 12.4 Å². The van der Waals surface area contributed by atoms with Crippen LogP contribution in [0.25, 0.3) is 0 Å². The lowest BCUT2D eigenvalue weighted by Gasteiger charge is -2.19. The lowest BCUT2D eigenvalue weighted by Crippen LogP contribution is -2.32. The van der Waals surface area contributed by atoms with E-state index in [4.69, 9.17) is 5.73 Å². The molecule has 0 unspecified atom stereocenters. The summed E-state index contributed by atoms with van der Waals surface area (Å²) in [5.74, 6) is 0.490. The molecule has 1 aromatic rings. The number of anilines is 1. The SMILES string of the molecule is Cl.Nc1ccc(CCNC(=O)C2CCCCCCC2)cc1. The van der Waals surface area contributed by atoms with Crippen molar-refractivity contribution < 1.29 is 4.79 Å². The summed E-state index contributed by atoms with van der Waals surface area (Å²) in [4.78, 5) is 12.2. The van der Waals surface area contributed by atoms with E-state index in [-0.39, 0.29) is 24.2 Å². The number of benzene rings is 1. The van der Waals surface area contributed by atoms with E-state index in [9.17, 15) is 4.79 Å². The lowest BCUT2D eigenvalue weighted by atomic mass is 9.90. The molecular formula is C17H27ClN2O. The number of nitrogens with one attached hydrogen (secondary N) is 1. The minimum Gasteiger partial charge on any atom is -0.399 e. The zero-order chi connectivity index (χ0) is 14.2. The quantitative estimate of drug-likeness (QED) is 0.833. The van der Waals surface area contributed by atoms with Gasteiger partial charge in [0.15, 0.2) is 0 Å². The maximum absolute atomic E-state index is 12.2. The third kappa shape index (κ3) is 6.38. The van der Waals surface area contributed by atoms with Crippen molar-refractivity contribution in [3.63, 3.8) is 0 Å². The molecule has 0 radical (unpaired) electrons. The van der Waals surface area contributed by atoms with E-state index < -0.39 is 0 Å². The molecule has 3 nitrogen and oxygen atoms in total. The number of nitrogen functional groups attached to an aromatic ring is 1. The van der Waals surface area contributed by atoms with Crippen molar-refractivity contribution in [2.24, 2.45) is 5.92 Å². The average Bonchev–Trinajstić information content (AvgIpc) is 2.40. The summed E-state index contributed by atoms with van der Waals surface area (Å²) in [6.07, 6.45) is 9.32. The first kappa shape index (κ1) is 17.8. The van der Waals surface area contributed by atoms with E-state index in [1.54, 1.807) is 0 Å². The molecule has 0 saturated heterocycles. The highest BCUT2D eigenvalue weighted by molar-refractivity contribution is 5.85. The Morgan fingerprint density at radius 3 is 2.24 bits per heavy atom. The van der Waals surface area contributed by atoms with Crippen molar-refractivity contribution in [1.82, 2.24) is 5.32 Å². The summed E-state index contributed by atoms with van der Waals surface area (Å²) in [6.45, 7) is 0.721. The van der Waals surface area contributed by atoms with Crippen molar-refractivity contribution in [2.75, 3.05) is 12.3 Å². The summed E-state index contributed by atoms with van der Waals surface area (Å²) in [5.41, 5.74) is 7.66. The minimum absolute atomic E-state index is 0. The largest absolute Gasteiger partial charge is 0.399 e. The van der Waals surface area contributed by atoms with Gasteiger partial charge in [0.1, 0.15) is 0 Å². The van der Waals surface area contributed by atoms with Crippen LogP contribution < -0.4 is 11.1 Å². The fourth-order valence-corrected chi connectivity index (χ4v) is 2.88. The number of hydrogen-bond donors (Lipinski definition) is 2. The molecule has 2 rings (SSSR count). The third-order valence-electron chi connectivity index (χ3n) is 4.17. The van der Waals surface area contributed by atoms with Crippen LogP contribution in [0.2, 0.25) is 0 Å². The van der Waals surface area contributed by atoms with Gasteiger partial charge in [-0.25, -0.2) is 0 Å². The first-order valence-corrected chi connectivity index (χ1v) is 7.88. The van der Waals surface area contributed by atoms with Gasteiger partial charge in [0.2, 0.25) is 5.91 Å². The highest BCUT2D eigenvalue weighted by Crippen LogP contribution is 2.22. The van der Waals surface area contributed by atoms with E-state index in [0.717, 1.165) is 31.5 Å². The second kappa shape index (κ2) is 9.67. The molecule has 1 saturated carbocycles. The predicted octanol–water partition coefficient (Wildman–Crippen LogP) is 3.71. The van der Waals surface area contributed by atoms with Crippen LogP contribution in [0.5, 0.6) is 0 Å². The van der Waals surface area contributed by atoms with Crippen LogP contribution in [-0.4, -0.2) is 12.5 Å². The second-order valence-corrected chi connectivity index (χ2v) is 5.82. The molecule has 1 fully saturated rings. The van der Waals surface area contributed by atoms with Crippen molar-refractivity contribution in [3.05, 3.63) is 29.8 Å². The molecule has 21 heavy (non-hydrogen) atoms. The molecule has 0 aromatic heterocycles. The van der Waals surface area contributed by atoms with Crippen LogP contribution in [0.3, 0.4) is 0 Å². The van der Waals surface area contributed by atoms with E-state index in [1.807, 2.05) is 24.3 Å². The van der Waals surface area contributed by atoms with Gasteiger partial charge >= 0.3 is 0 Å². The number of halogens is 1. The second-order valence-electron chi connectivity index (χ2n) is 5.82. The smallest absolute Gasteiger partial charge is 0.223 e. The van der Waals surface area contributed by atoms with E-state index in [2.05, 4.69) is 5.32 Å². The zero-order valence-corrected chi connectivity index (χ0v) is 13.5. The van der Waals surface area contributed by atoms with Crippen molar-refractivity contribution >= 4 is 24.0 Å². The number of carbonyl (C=O) groups excluding carboxylic acids is 1. The highest BCUT2D eigenvalue weighted by Gasteiger charge is 2.18. The van der Waals surface area contributed by atoms with Crippen LogP contribution in [0.15, 0.2) is 24.3 Å². The fraction of sp³-hybridized carbons (Fsp3) is 0.588. The molecule has 0 bridgehead atoms. The zero-order valence-electron chi connectivity index (χ0n) is 12.6. The number of nitrogens with two attached hydrogens (primary N) is 1. The predicted molar refractivity (Wildman–Crippen MR) is 90.6 cm³/mol. The molecule has 0 aliphatic heterocycles. The van der Waals surface area contributed by atoms with Crippen LogP contribution in [0, 0.1) is 5.92 Å². The van der Waals surface area contributed by atoms with E-state index in [0.29, 0.717) is 0 Å². The van der Waals surface area contributed by atoms with Gasteiger partial charge in [-0.15, -0.1) is 12.4 Å². The van der Waals surface area contributed by atoms with Gasteiger partial charge in [-0.05, 0) is 37.0 Å². The molecule has 4 heteroatoms. The van der Waals surface area contributed by atoms with Crippen LogP contribution in [0.4, 0.5) is 5.69 Å². The van der Waals surface area contributed by atoms with Gasteiger partial charge in [0.25, 0.3) is 0 Å². The highest BCUT2D eigenvalue weighted by atomic mass is 35.5. The summed E-state index contributed by atoms with van der Waals surface area (Å²) in [7, 11) is 0. The molecule has 1 aliphatic rings. The Kier molecular flexibility index (Phi) is 8.21. The Balaban J connectivity index is 0.00000220. The molecular weight excluding hydrogens is 284 g/mol. The first-order valence-electron chi connectivity index (χ1n) is 7.88. The van der Waals surface area contributed by atoms with Crippen LogP contribution in [-0.2, 0) is 11.2 Å². The van der Waals surface area contributed by atoms with Crippen molar-refractivity contribution in [1.29, 1.82) is 0 Å². The Hall–Kier alpha value is -1.22. The molecule has 0 heterocycles. The monoisotopic (exact) mass is 310 g/mol. The van der Waals surface area contributed by atoms with Gasteiger partial charge in [-0.2, -0.15) is 0 Å². The number of amides is 1. The van der Waals surface area contributed by atoms with Crippen molar-refractivity contribution in [3.8, 4) is 0 Å². The van der Waals surface area contributed by atoms with Gasteiger partial charge in [0, 0.05) is 18.2 Å². The Labute approximate surface area is 134 Å².